The van der Waals surface area contributed by atoms with Crippen LogP contribution in [0.2, 0.25) is 5.02 Å². The van der Waals surface area contributed by atoms with Crippen LogP contribution in [0, 0.1) is 5.92 Å². The Bertz CT molecular complexity index is 1270. The zero-order valence-electron chi connectivity index (χ0n) is 20.3. The Morgan fingerprint density at radius 2 is 1.86 bits per heavy atom. The van der Waals surface area contributed by atoms with Crippen LogP contribution in [0.4, 0.5) is 11.5 Å². The van der Waals surface area contributed by atoms with Crippen LogP contribution >= 0.6 is 24.0 Å². The smallest absolute Gasteiger partial charge is 0.341 e. The molecule has 0 spiro atoms. The summed E-state index contributed by atoms with van der Waals surface area (Å²) in [7, 11) is 4.08. The van der Waals surface area contributed by atoms with Crippen molar-refractivity contribution in [1.29, 1.82) is 0 Å². The van der Waals surface area contributed by atoms with Crippen molar-refractivity contribution in [2.24, 2.45) is 5.92 Å². The zero-order valence-corrected chi connectivity index (χ0v) is 21.9. The molecule has 3 aromatic rings. The molecule has 0 bridgehead atoms. The predicted octanol–water partition coefficient (Wildman–Crippen LogP) is 4.68. The molecule has 4 rings (SSSR count). The number of carboxylic acid groups (broad SMARTS) is 1. The second-order valence-electron chi connectivity index (χ2n) is 8.92. The van der Waals surface area contributed by atoms with E-state index in [2.05, 4.69) is 20.5 Å². The molecule has 2 heterocycles. The molecule has 0 unspecified atom stereocenters. The van der Waals surface area contributed by atoms with Crippen LogP contribution in [0.5, 0.6) is 5.75 Å². The minimum absolute atomic E-state index is 0. The number of furan rings is 1. The van der Waals surface area contributed by atoms with E-state index in [-0.39, 0.29) is 52.8 Å². The summed E-state index contributed by atoms with van der Waals surface area (Å²) in [6.07, 6.45) is 4.71. The molecule has 198 valence electrons. The van der Waals surface area contributed by atoms with Crippen LogP contribution in [0.3, 0.4) is 0 Å². The van der Waals surface area contributed by atoms with Crippen LogP contribution in [0.25, 0.3) is 11.0 Å². The van der Waals surface area contributed by atoms with Crippen molar-refractivity contribution >= 4 is 64.3 Å². The number of ether oxygens (including phenoxy) is 1. The lowest BCUT2D eigenvalue weighted by atomic mass is 9.85. The van der Waals surface area contributed by atoms with E-state index in [0.29, 0.717) is 16.5 Å². The van der Waals surface area contributed by atoms with Crippen molar-refractivity contribution in [2.45, 2.75) is 31.7 Å². The molecule has 1 fully saturated rings. The molecule has 12 heteroatoms. The lowest BCUT2D eigenvalue weighted by Gasteiger charge is -2.31. The predicted molar refractivity (Wildman–Crippen MR) is 142 cm³/mol. The number of aromatic nitrogens is 1. The number of fused-ring (bicyclic) bond motifs is 1. The highest BCUT2D eigenvalue weighted by molar-refractivity contribution is 6.30. The summed E-state index contributed by atoms with van der Waals surface area (Å²) in [4.78, 5) is 43.4. The maximum Gasteiger partial charge on any atom is 0.341 e. The Labute approximate surface area is 224 Å². The molecule has 1 aliphatic rings. The third kappa shape index (κ3) is 6.91. The number of nitrogens with one attached hydrogen (secondary N) is 2. The molecule has 1 aliphatic carbocycles. The number of nitrogens with zero attached hydrogens (tertiary/aromatic N) is 2. The van der Waals surface area contributed by atoms with Gasteiger partial charge in [0.15, 0.2) is 6.61 Å². The van der Waals surface area contributed by atoms with Crippen LogP contribution in [-0.2, 0) is 9.59 Å². The van der Waals surface area contributed by atoms with Gasteiger partial charge in [-0.25, -0.2) is 9.78 Å². The van der Waals surface area contributed by atoms with Gasteiger partial charge in [-0.15, -0.1) is 12.4 Å². The number of hydrogen-bond donors (Lipinski definition) is 3. The van der Waals surface area contributed by atoms with E-state index in [1.54, 1.807) is 24.3 Å². The fourth-order valence-corrected chi connectivity index (χ4v) is 4.41. The summed E-state index contributed by atoms with van der Waals surface area (Å²) in [6, 6.07) is 8.23. The summed E-state index contributed by atoms with van der Waals surface area (Å²) in [6.45, 7) is -0.527. The van der Waals surface area contributed by atoms with E-state index in [0.717, 1.165) is 25.7 Å². The number of anilines is 2. The molecule has 0 saturated heterocycles. The summed E-state index contributed by atoms with van der Waals surface area (Å²) >= 11 is 5.87. The monoisotopic (exact) mass is 550 g/mol. The number of halogens is 2. The van der Waals surface area contributed by atoms with E-state index in [1.165, 1.54) is 12.3 Å². The van der Waals surface area contributed by atoms with Crippen molar-refractivity contribution in [3.63, 3.8) is 0 Å². The number of amides is 2. The first-order valence-electron chi connectivity index (χ1n) is 11.5. The highest BCUT2D eigenvalue weighted by Crippen LogP contribution is 2.35. The van der Waals surface area contributed by atoms with E-state index in [1.807, 2.05) is 14.1 Å². The van der Waals surface area contributed by atoms with Crippen molar-refractivity contribution in [1.82, 2.24) is 9.88 Å². The van der Waals surface area contributed by atoms with Gasteiger partial charge in [0, 0.05) is 29.6 Å². The summed E-state index contributed by atoms with van der Waals surface area (Å²) in [5.74, 6) is -1.69. The SMILES string of the molecule is CN(C)C1CCC(C(=O)Nc2c(C(=O)Nc3ccc(Cl)cn3)oc3cc(OCC(=O)O)ccc23)CC1.Cl. The molecular weight excluding hydrogens is 523 g/mol. The fourth-order valence-electron chi connectivity index (χ4n) is 4.30. The Hall–Kier alpha value is -3.34. The number of pyridine rings is 1. The first-order chi connectivity index (χ1) is 17.2. The fraction of sp³-hybridized carbons (Fsp3) is 0.360. The highest BCUT2D eigenvalue weighted by Gasteiger charge is 2.30. The third-order valence-electron chi connectivity index (χ3n) is 6.25. The van der Waals surface area contributed by atoms with E-state index in [4.69, 9.17) is 25.9 Å². The second kappa shape index (κ2) is 12.3. The minimum Gasteiger partial charge on any atom is -0.482 e. The Kier molecular flexibility index (Phi) is 9.36. The van der Waals surface area contributed by atoms with Crippen LogP contribution in [0.1, 0.15) is 36.2 Å². The van der Waals surface area contributed by atoms with Gasteiger partial charge in [-0.2, -0.15) is 0 Å². The standard InChI is InChI=1S/C25H27ClN4O6.ClH/c1-30(2)16-6-3-14(4-7-16)24(33)29-22-18-9-8-17(35-13-21(31)32)11-19(18)36-23(22)25(34)28-20-10-5-15(26)12-27-20;/h5,8-12,14,16H,3-4,6-7,13H2,1-2H3,(H,29,33)(H,31,32)(H,27,28,34);1H. The van der Waals surface area contributed by atoms with E-state index < -0.39 is 18.5 Å². The number of carboxylic acids is 1. The molecule has 0 aliphatic heterocycles. The van der Waals surface area contributed by atoms with Gasteiger partial charge in [-0.1, -0.05) is 11.6 Å². The number of carbonyl (C=O) groups is 3. The first kappa shape index (κ1) is 28.2. The normalized spacial score (nSPS) is 17.2. The number of rotatable bonds is 8. The molecule has 1 aromatic carbocycles. The van der Waals surface area contributed by atoms with Gasteiger partial charge in [-0.3, -0.25) is 9.59 Å². The molecule has 37 heavy (non-hydrogen) atoms. The topological polar surface area (TPSA) is 134 Å². The van der Waals surface area contributed by atoms with Crippen molar-refractivity contribution < 1.29 is 28.6 Å². The highest BCUT2D eigenvalue weighted by atomic mass is 35.5. The van der Waals surface area contributed by atoms with Crippen molar-refractivity contribution in [3.8, 4) is 5.75 Å². The molecule has 2 aromatic heterocycles. The van der Waals surface area contributed by atoms with E-state index >= 15 is 0 Å². The van der Waals surface area contributed by atoms with Gasteiger partial charge in [0.05, 0.1) is 5.02 Å². The summed E-state index contributed by atoms with van der Waals surface area (Å²) in [5, 5.41) is 15.3. The minimum atomic E-state index is -1.12. The van der Waals surface area contributed by atoms with Gasteiger partial charge < -0.3 is 29.8 Å². The van der Waals surface area contributed by atoms with Crippen molar-refractivity contribution in [2.75, 3.05) is 31.3 Å². The van der Waals surface area contributed by atoms with Gasteiger partial charge >= 0.3 is 5.97 Å². The van der Waals surface area contributed by atoms with Crippen molar-refractivity contribution in [3.05, 3.63) is 47.3 Å². The molecule has 0 atom stereocenters. The van der Waals surface area contributed by atoms with Crippen LogP contribution in [-0.4, -0.2) is 59.5 Å². The van der Waals surface area contributed by atoms with E-state index in [9.17, 15) is 14.4 Å². The van der Waals surface area contributed by atoms with Crippen LogP contribution in [0.15, 0.2) is 40.9 Å². The molecule has 0 radical (unpaired) electrons. The quantitative estimate of drug-likeness (QED) is 0.368. The average molecular weight is 551 g/mol. The molecule has 2 amide bonds. The Balaban J connectivity index is 0.00000380. The van der Waals surface area contributed by atoms with Gasteiger partial charge in [0.2, 0.25) is 11.7 Å². The molecule has 3 N–H and O–H groups in total. The van der Waals surface area contributed by atoms with Gasteiger partial charge in [-0.05, 0) is 64.0 Å². The number of hydrogen-bond acceptors (Lipinski definition) is 7. The maximum atomic E-state index is 13.2. The average Bonchev–Trinajstić information content (AvgIpc) is 3.21. The maximum absolute atomic E-state index is 13.2. The Morgan fingerprint density at radius 1 is 1.14 bits per heavy atom. The first-order valence-corrected chi connectivity index (χ1v) is 11.9. The number of aliphatic carboxylic acids is 1. The molecular formula is C25H28Cl2N4O6. The summed E-state index contributed by atoms with van der Waals surface area (Å²) < 4.78 is 11.1. The Morgan fingerprint density at radius 3 is 2.49 bits per heavy atom. The lowest BCUT2D eigenvalue weighted by Crippen LogP contribution is -2.35. The van der Waals surface area contributed by atoms with Gasteiger partial charge in [0.25, 0.3) is 5.91 Å². The lowest BCUT2D eigenvalue weighted by molar-refractivity contribution is -0.139. The summed E-state index contributed by atoms with van der Waals surface area (Å²) in [5.41, 5.74) is 0.500. The molecule has 10 nitrogen and oxygen atoms in total. The van der Waals surface area contributed by atoms with Crippen LogP contribution < -0.4 is 15.4 Å². The second-order valence-corrected chi connectivity index (χ2v) is 9.36. The third-order valence-corrected chi connectivity index (χ3v) is 6.47. The van der Waals surface area contributed by atoms with Gasteiger partial charge in [0.1, 0.15) is 22.8 Å². The largest absolute Gasteiger partial charge is 0.482 e. The number of benzene rings is 1. The zero-order chi connectivity index (χ0) is 25.8. The molecule has 1 saturated carbocycles. The number of carbonyl (C=O) groups excluding carboxylic acids is 2.